The molecule has 0 atom stereocenters. The predicted octanol–water partition coefficient (Wildman–Crippen LogP) is 2.23. The van der Waals surface area contributed by atoms with Crippen molar-refractivity contribution in [1.29, 1.82) is 5.26 Å². The van der Waals surface area contributed by atoms with E-state index in [9.17, 15) is 9.18 Å². The quantitative estimate of drug-likeness (QED) is 0.763. The van der Waals surface area contributed by atoms with Gasteiger partial charge >= 0.3 is 5.97 Å². The molecule has 0 amide bonds. The first kappa shape index (κ1) is 13.3. The molecule has 0 heterocycles. The molecule has 1 fully saturated rings. The maximum absolute atomic E-state index is 13.6. The van der Waals surface area contributed by atoms with E-state index in [0.717, 1.165) is 12.8 Å². The fourth-order valence-electron chi connectivity index (χ4n) is 2.01. The Morgan fingerprint density at radius 1 is 1.58 bits per heavy atom. The van der Waals surface area contributed by atoms with Gasteiger partial charge in [-0.05, 0) is 31.9 Å². The van der Waals surface area contributed by atoms with Crippen LogP contribution in [0, 0.1) is 17.1 Å². The van der Waals surface area contributed by atoms with Crippen LogP contribution in [0.2, 0.25) is 0 Å². The van der Waals surface area contributed by atoms with Gasteiger partial charge in [-0.15, -0.1) is 0 Å². The lowest BCUT2D eigenvalue weighted by molar-refractivity contribution is -0.141. The average Bonchev–Trinajstić information content (AvgIpc) is 3.20. The second-order valence-corrected chi connectivity index (χ2v) is 4.41. The lowest BCUT2D eigenvalue weighted by Gasteiger charge is -2.24. The number of rotatable bonds is 5. The van der Waals surface area contributed by atoms with Crippen molar-refractivity contribution in [3.8, 4) is 6.07 Å². The van der Waals surface area contributed by atoms with Gasteiger partial charge in [0.05, 0.1) is 12.3 Å². The van der Waals surface area contributed by atoms with Crippen LogP contribution in [0.5, 0.6) is 0 Å². The number of ether oxygens (including phenoxy) is 1. The Morgan fingerprint density at radius 2 is 2.32 bits per heavy atom. The van der Waals surface area contributed by atoms with Crippen LogP contribution in [0.25, 0.3) is 0 Å². The Balaban J connectivity index is 2.27. The molecule has 1 aliphatic rings. The smallest absolute Gasteiger partial charge is 0.325 e. The highest BCUT2D eigenvalue weighted by Gasteiger charge is 2.32. The van der Waals surface area contributed by atoms with Crippen molar-refractivity contribution in [2.45, 2.75) is 25.8 Å². The number of nitrogens with zero attached hydrogens (tertiary/aromatic N) is 2. The number of benzene rings is 1. The molecule has 4 nitrogen and oxygen atoms in total. The Labute approximate surface area is 111 Å². The monoisotopic (exact) mass is 262 g/mol. The highest BCUT2D eigenvalue weighted by atomic mass is 19.1. The molecule has 19 heavy (non-hydrogen) atoms. The summed E-state index contributed by atoms with van der Waals surface area (Å²) < 4.78 is 18.5. The van der Waals surface area contributed by atoms with E-state index in [1.807, 2.05) is 6.07 Å². The van der Waals surface area contributed by atoms with E-state index in [4.69, 9.17) is 10.00 Å². The van der Waals surface area contributed by atoms with Crippen LogP contribution in [-0.2, 0) is 9.53 Å². The van der Waals surface area contributed by atoms with Gasteiger partial charge in [0.2, 0.25) is 0 Å². The van der Waals surface area contributed by atoms with Crippen LogP contribution in [0.1, 0.15) is 25.3 Å². The molecule has 0 N–H and O–H groups in total. The summed E-state index contributed by atoms with van der Waals surface area (Å²) in [6.07, 6.45) is 1.89. The van der Waals surface area contributed by atoms with Crippen molar-refractivity contribution >= 4 is 11.7 Å². The van der Waals surface area contributed by atoms with E-state index >= 15 is 0 Å². The van der Waals surface area contributed by atoms with E-state index in [1.54, 1.807) is 24.0 Å². The minimum atomic E-state index is -0.561. The highest BCUT2D eigenvalue weighted by Crippen LogP contribution is 2.34. The van der Waals surface area contributed by atoms with Crippen LogP contribution < -0.4 is 4.90 Å². The summed E-state index contributed by atoms with van der Waals surface area (Å²) in [5.41, 5.74) is 0.455. The molecular weight excluding hydrogens is 247 g/mol. The van der Waals surface area contributed by atoms with Gasteiger partial charge in [0, 0.05) is 6.04 Å². The Bertz CT molecular complexity index is 521. The summed E-state index contributed by atoms with van der Waals surface area (Å²) in [4.78, 5) is 13.4. The third kappa shape index (κ3) is 3.02. The topological polar surface area (TPSA) is 53.3 Å². The Morgan fingerprint density at radius 3 is 2.89 bits per heavy atom. The summed E-state index contributed by atoms with van der Waals surface area (Å²) in [6, 6.07) is 6.52. The zero-order chi connectivity index (χ0) is 13.8. The maximum atomic E-state index is 13.6. The molecule has 1 aliphatic carbocycles. The summed E-state index contributed by atoms with van der Waals surface area (Å²) in [5.74, 6) is -0.919. The molecule has 0 aliphatic heterocycles. The number of anilines is 1. The zero-order valence-electron chi connectivity index (χ0n) is 10.7. The summed E-state index contributed by atoms with van der Waals surface area (Å²) in [7, 11) is 0. The largest absolute Gasteiger partial charge is 0.465 e. The van der Waals surface area contributed by atoms with Gasteiger partial charge in [-0.1, -0.05) is 6.07 Å². The Hall–Kier alpha value is -2.09. The SMILES string of the molecule is CCOC(=O)CN(c1cccc(F)c1C#N)C1CC1. The van der Waals surface area contributed by atoms with Crippen LogP contribution in [0.15, 0.2) is 18.2 Å². The van der Waals surface area contributed by atoms with E-state index in [0.29, 0.717) is 12.3 Å². The van der Waals surface area contributed by atoms with Gasteiger partial charge in [-0.25, -0.2) is 4.39 Å². The lowest BCUT2D eigenvalue weighted by Crippen LogP contribution is -2.33. The molecule has 1 aromatic carbocycles. The number of hydrogen-bond acceptors (Lipinski definition) is 4. The standard InChI is InChI=1S/C14H15FN2O2/c1-2-19-14(18)9-17(10-6-7-10)13-5-3-4-12(15)11(13)8-16/h3-5,10H,2,6-7,9H2,1H3. The fourth-order valence-corrected chi connectivity index (χ4v) is 2.01. The van der Waals surface area contributed by atoms with Crippen molar-refractivity contribution in [3.05, 3.63) is 29.6 Å². The van der Waals surface area contributed by atoms with Gasteiger partial charge in [0.1, 0.15) is 24.0 Å². The van der Waals surface area contributed by atoms with Gasteiger partial charge < -0.3 is 9.64 Å². The van der Waals surface area contributed by atoms with Crippen LogP contribution in [-0.4, -0.2) is 25.2 Å². The molecule has 2 rings (SSSR count). The molecule has 5 heteroatoms. The molecule has 1 aromatic rings. The van der Waals surface area contributed by atoms with E-state index < -0.39 is 5.82 Å². The molecule has 0 radical (unpaired) electrons. The highest BCUT2D eigenvalue weighted by molar-refractivity contribution is 5.77. The molecule has 0 unspecified atom stereocenters. The first-order valence-corrected chi connectivity index (χ1v) is 6.28. The van der Waals surface area contributed by atoms with Crippen molar-refractivity contribution < 1.29 is 13.9 Å². The van der Waals surface area contributed by atoms with Gasteiger partial charge in [0.15, 0.2) is 0 Å². The van der Waals surface area contributed by atoms with Crippen molar-refractivity contribution in [3.63, 3.8) is 0 Å². The summed E-state index contributed by atoms with van der Waals surface area (Å²) >= 11 is 0. The zero-order valence-corrected chi connectivity index (χ0v) is 10.7. The van der Waals surface area contributed by atoms with Crippen molar-refractivity contribution in [2.24, 2.45) is 0 Å². The second kappa shape index (κ2) is 5.70. The molecule has 0 aromatic heterocycles. The molecule has 0 saturated heterocycles. The van der Waals surface area contributed by atoms with Gasteiger partial charge in [-0.3, -0.25) is 4.79 Å². The molecule has 1 saturated carbocycles. The first-order chi connectivity index (χ1) is 9.17. The molecule has 0 bridgehead atoms. The van der Waals surface area contributed by atoms with Gasteiger partial charge in [-0.2, -0.15) is 5.26 Å². The Kier molecular flexibility index (Phi) is 4.00. The summed E-state index contributed by atoms with van der Waals surface area (Å²) in [6.45, 7) is 2.10. The minimum absolute atomic E-state index is 0.0151. The van der Waals surface area contributed by atoms with Crippen LogP contribution >= 0.6 is 0 Å². The third-order valence-corrected chi connectivity index (χ3v) is 3.01. The third-order valence-electron chi connectivity index (χ3n) is 3.01. The van der Waals surface area contributed by atoms with Crippen LogP contribution in [0.3, 0.4) is 0 Å². The van der Waals surface area contributed by atoms with E-state index in [-0.39, 0.29) is 24.1 Å². The number of hydrogen-bond donors (Lipinski definition) is 0. The molecule has 0 spiro atoms. The first-order valence-electron chi connectivity index (χ1n) is 6.28. The van der Waals surface area contributed by atoms with E-state index in [2.05, 4.69) is 0 Å². The second-order valence-electron chi connectivity index (χ2n) is 4.41. The van der Waals surface area contributed by atoms with Crippen LogP contribution in [0.4, 0.5) is 10.1 Å². The number of carbonyl (C=O) groups excluding carboxylic acids is 1. The predicted molar refractivity (Wildman–Crippen MR) is 68.1 cm³/mol. The number of nitriles is 1. The molecular formula is C14H15FN2O2. The number of halogens is 1. The van der Waals surface area contributed by atoms with Crippen molar-refractivity contribution in [2.75, 3.05) is 18.1 Å². The normalized spacial score (nSPS) is 13.7. The molecule has 100 valence electrons. The van der Waals surface area contributed by atoms with Crippen molar-refractivity contribution in [1.82, 2.24) is 0 Å². The van der Waals surface area contributed by atoms with Gasteiger partial charge in [0.25, 0.3) is 0 Å². The lowest BCUT2D eigenvalue weighted by atomic mass is 10.1. The van der Waals surface area contributed by atoms with E-state index in [1.165, 1.54) is 6.07 Å². The number of carbonyl (C=O) groups is 1. The number of esters is 1. The fraction of sp³-hybridized carbons (Fsp3) is 0.429. The summed E-state index contributed by atoms with van der Waals surface area (Å²) in [5, 5.41) is 9.05. The maximum Gasteiger partial charge on any atom is 0.325 e. The average molecular weight is 262 g/mol. The minimum Gasteiger partial charge on any atom is -0.465 e.